The van der Waals surface area contributed by atoms with Gasteiger partial charge < -0.3 is 9.73 Å². The second-order valence-corrected chi connectivity index (χ2v) is 6.68. The van der Waals surface area contributed by atoms with Crippen molar-refractivity contribution in [3.05, 3.63) is 89.9 Å². The number of hydrazone groups is 1. The van der Waals surface area contributed by atoms with E-state index in [-0.39, 0.29) is 6.04 Å². The number of hydrogen-bond donors (Lipinski definition) is 1. The minimum Gasteiger partial charge on any atom is -0.467 e. The van der Waals surface area contributed by atoms with Crippen molar-refractivity contribution in [2.45, 2.75) is 19.4 Å². The summed E-state index contributed by atoms with van der Waals surface area (Å²) in [6, 6.07) is 22.1. The van der Waals surface area contributed by atoms with Crippen LogP contribution in [0.15, 0.2) is 82.5 Å². The van der Waals surface area contributed by atoms with Crippen molar-refractivity contribution in [1.82, 2.24) is 5.01 Å². The summed E-state index contributed by atoms with van der Waals surface area (Å²) in [4.78, 5) is 0. The number of thiocarbonyl (C=S) groups is 1. The number of para-hydroxylation sites is 1. The summed E-state index contributed by atoms with van der Waals surface area (Å²) < 4.78 is 5.65. The molecule has 0 saturated heterocycles. The quantitative estimate of drug-likeness (QED) is 0.656. The molecule has 0 aliphatic carbocycles. The summed E-state index contributed by atoms with van der Waals surface area (Å²) in [6.07, 6.45) is 2.43. The Morgan fingerprint density at radius 1 is 1.12 bits per heavy atom. The Balaban J connectivity index is 1.64. The third kappa shape index (κ3) is 3.39. The van der Waals surface area contributed by atoms with E-state index in [0.717, 1.165) is 29.1 Å². The van der Waals surface area contributed by atoms with Crippen molar-refractivity contribution in [3.8, 4) is 0 Å². The molecule has 1 N–H and O–H groups in total. The van der Waals surface area contributed by atoms with E-state index in [1.165, 1.54) is 5.56 Å². The van der Waals surface area contributed by atoms with Crippen LogP contribution in [-0.2, 0) is 0 Å². The van der Waals surface area contributed by atoms with Gasteiger partial charge in [-0.25, -0.2) is 5.01 Å². The van der Waals surface area contributed by atoms with E-state index in [4.69, 9.17) is 21.7 Å². The van der Waals surface area contributed by atoms with Gasteiger partial charge >= 0.3 is 0 Å². The van der Waals surface area contributed by atoms with Crippen LogP contribution in [0.4, 0.5) is 5.69 Å². The molecule has 4 rings (SSSR count). The summed E-state index contributed by atoms with van der Waals surface area (Å²) in [6.45, 7) is 2.09. The van der Waals surface area contributed by atoms with Crippen molar-refractivity contribution in [2.75, 3.05) is 5.32 Å². The Morgan fingerprint density at radius 2 is 1.96 bits per heavy atom. The summed E-state index contributed by atoms with van der Waals surface area (Å²) in [5, 5.41) is 10.5. The van der Waals surface area contributed by atoms with E-state index < -0.39 is 0 Å². The first-order chi connectivity index (χ1) is 12.7. The number of aryl methyl sites for hydroxylation is 1. The van der Waals surface area contributed by atoms with Gasteiger partial charge in [0.25, 0.3) is 0 Å². The van der Waals surface area contributed by atoms with Crippen LogP contribution in [0.3, 0.4) is 0 Å². The topological polar surface area (TPSA) is 40.8 Å². The Bertz CT molecular complexity index is 935. The van der Waals surface area contributed by atoms with Crippen molar-refractivity contribution < 1.29 is 4.42 Å². The number of anilines is 1. The fraction of sp³-hybridized carbons (Fsp3) is 0.143. The number of hydrogen-bond acceptors (Lipinski definition) is 3. The molecule has 0 unspecified atom stereocenters. The average Bonchev–Trinajstić information content (AvgIpc) is 3.32. The highest BCUT2D eigenvalue weighted by Gasteiger charge is 2.33. The summed E-state index contributed by atoms with van der Waals surface area (Å²) in [7, 11) is 0. The fourth-order valence-electron chi connectivity index (χ4n) is 3.10. The minimum absolute atomic E-state index is 0.0516. The van der Waals surface area contributed by atoms with E-state index in [0.29, 0.717) is 5.11 Å². The molecule has 3 aromatic rings. The second kappa shape index (κ2) is 7.14. The number of benzene rings is 2. The molecule has 1 aliphatic heterocycles. The fourth-order valence-corrected chi connectivity index (χ4v) is 3.39. The first kappa shape index (κ1) is 16.5. The predicted octanol–water partition coefficient (Wildman–Crippen LogP) is 5.14. The molecular formula is C21H19N3OS. The molecule has 0 saturated carbocycles. The lowest BCUT2D eigenvalue weighted by molar-refractivity contribution is 0.318. The molecule has 1 aliphatic rings. The summed E-state index contributed by atoms with van der Waals surface area (Å²) in [5.41, 5.74) is 4.27. The minimum atomic E-state index is -0.0516. The smallest absolute Gasteiger partial charge is 0.194 e. The van der Waals surface area contributed by atoms with Gasteiger partial charge in [-0.3, -0.25) is 0 Å². The Labute approximate surface area is 158 Å². The van der Waals surface area contributed by atoms with Gasteiger partial charge in [0, 0.05) is 12.1 Å². The van der Waals surface area contributed by atoms with Gasteiger partial charge in [0.1, 0.15) is 11.8 Å². The zero-order chi connectivity index (χ0) is 17.9. The molecule has 0 amide bonds. The van der Waals surface area contributed by atoms with Crippen LogP contribution >= 0.6 is 12.2 Å². The molecule has 1 aromatic heterocycles. The van der Waals surface area contributed by atoms with Crippen molar-refractivity contribution >= 4 is 28.7 Å². The molecule has 1 atom stereocenters. The predicted molar refractivity (Wildman–Crippen MR) is 108 cm³/mol. The highest BCUT2D eigenvalue weighted by Crippen LogP contribution is 2.33. The normalized spacial score (nSPS) is 16.4. The van der Waals surface area contributed by atoms with Crippen LogP contribution in [0.25, 0.3) is 0 Å². The summed E-state index contributed by atoms with van der Waals surface area (Å²) >= 11 is 5.64. The zero-order valence-electron chi connectivity index (χ0n) is 14.4. The maximum absolute atomic E-state index is 5.65. The standard InChI is InChI=1S/C21H19N3OS/c1-15-7-5-8-16(13-15)18-14-19(20-11-6-12-25-20)24(23-18)21(26)22-17-9-3-2-4-10-17/h2-13,19H,14H2,1H3,(H,22,26)/t19-/m0/s1. The molecular weight excluding hydrogens is 342 g/mol. The average molecular weight is 361 g/mol. The van der Waals surface area contributed by atoms with Crippen LogP contribution in [-0.4, -0.2) is 15.8 Å². The molecule has 2 heterocycles. The molecule has 26 heavy (non-hydrogen) atoms. The molecule has 0 bridgehead atoms. The van der Waals surface area contributed by atoms with Gasteiger partial charge in [-0.1, -0.05) is 48.0 Å². The number of nitrogens with zero attached hydrogens (tertiary/aromatic N) is 2. The monoisotopic (exact) mass is 361 g/mol. The van der Waals surface area contributed by atoms with E-state index in [9.17, 15) is 0 Å². The lowest BCUT2D eigenvalue weighted by atomic mass is 10.0. The van der Waals surface area contributed by atoms with Crippen molar-refractivity contribution in [3.63, 3.8) is 0 Å². The van der Waals surface area contributed by atoms with Crippen LogP contribution in [0, 0.1) is 6.92 Å². The second-order valence-electron chi connectivity index (χ2n) is 6.29. The molecule has 0 spiro atoms. The number of nitrogens with one attached hydrogen (secondary N) is 1. The zero-order valence-corrected chi connectivity index (χ0v) is 15.2. The van der Waals surface area contributed by atoms with Gasteiger partial charge in [0.15, 0.2) is 5.11 Å². The molecule has 5 heteroatoms. The number of furan rings is 1. The van der Waals surface area contributed by atoms with Crippen LogP contribution < -0.4 is 5.32 Å². The maximum atomic E-state index is 5.65. The molecule has 2 aromatic carbocycles. The molecule has 4 nitrogen and oxygen atoms in total. The Morgan fingerprint density at radius 3 is 2.69 bits per heavy atom. The largest absolute Gasteiger partial charge is 0.467 e. The highest BCUT2D eigenvalue weighted by atomic mass is 32.1. The third-order valence-corrected chi connectivity index (χ3v) is 4.66. The lowest BCUT2D eigenvalue weighted by Crippen LogP contribution is -2.30. The highest BCUT2D eigenvalue weighted by molar-refractivity contribution is 7.80. The maximum Gasteiger partial charge on any atom is 0.194 e. The van der Waals surface area contributed by atoms with E-state index in [1.807, 2.05) is 47.5 Å². The van der Waals surface area contributed by atoms with Gasteiger partial charge in [-0.05, 0) is 49.0 Å². The summed E-state index contributed by atoms with van der Waals surface area (Å²) in [5.74, 6) is 0.855. The number of rotatable bonds is 3. The SMILES string of the molecule is Cc1cccc(C2=NN(C(=S)Nc3ccccc3)[C@H](c3ccco3)C2)c1. The van der Waals surface area contributed by atoms with E-state index >= 15 is 0 Å². The first-order valence-electron chi connectivity index (χ1n) is 8.54. The Hall–Kier alpha value is -2.92. The Kier molecular flexibility index (Phi) is 4.54. The first-order valence-corrected chi connectivity index (χ1v) is 8.95. The van der Waals surface area contributed by atoms with Gasteiger partial charge in [-0.15, -0.1) is 0 Å². The van der Waals surface area contributed by atoms with Gasteiger partial charge in [0.05, 0.1) is 12.0 Å². The molecule has 130 valence electrons. The van der Waals surface area contributed by atoms with Gasteiger partial charge in [0.2, 0.25) is 0 Å². The van der Waals surface area contributed by atoms with E-state index in [2.05, 4.69) is 36.5 Å². The third-order valence-electron chi connectivity index (χ3n) is 4.37. The van der Waals surface area contributed by atoms with Crippen molar-refractivity contribution in [1.29, 1.82) is 0 Å². The van der Waals surface area contributed by atoms with Crippen LogP contribution in [0.5, 0.6) is 0 Å². The van der Waals surface area contributed by atoms with Crippen molar-refractivity contribution in [2.24, 2.45) is 5.10 Å². The van der Waals surface area contributed by atoms with E-state index in [1.54, 1.807) is 6.26 Å². The molecule has 0 fully saturated rings. The molecule has 0 radical (unpaired) electrons. The van der Waals surface area contributed by atoms with Gasteiger partial charge in [-0.2, -0.15) is 5.10 Å². The van der Waals surface area contributed by atoms with Crippen LogP contribution in [0.1, 0.15) is 29.3 Å². The van der Waals surface area contributed by atoms with Crippen LogP contribution in [0.2, 0.25) is 0 Å². The lowest BCUT2D eigenvalue weighted by Gasteiger charge is -2.23.